The molecule has 0 bridgehead atoms. The van der Waals surface area contributed by atoms with Crippen LogP contribution in [0.25, 0.3) is 0 Å². The van der Waals surface area contributed by atoms with Crippen molar-refractivity contribution in [1.29, 1.82) is 0 Å². The smallest absolute Gasteiger partial charge is 0.0323 e. The number of rotatable bonds is 7. The van der Waals surface area contributed by atoms with E-state index in [-0.39, 0.29) is 0 Å². The lowest BCUT2D eigenvalue weighted by molar-refractivity contribution is 0.319. The first-order valence-electron chi connectivity index (χ1n) is 7.76. The normalized spacial score (nSPS) is 18.1. The van der Waals surface area contributed by atoms with Crippen LogP contribution in [0, 0.1) is 5.92 Å². The SMILES string of the molecule is CC(C)CC(NCCN1CCCC1)c1ccccc1. The first-order valence-corrected chi connectivity index (χ1v) is 7.76. The summed E-state index contributed by atoms with van der Waals surface area (Å²) < 4.78 is 0. The van der Waals surface area contributed by atoms with Gasteiger partial charge in [0.15, 0.2) is 0 Å². The van der Waals surface area contributed by atoms with Crippen LogP contribution in [0.1, 0.15) is 44.7 Å². The summed E-state index contributed by atoms with van der Waals surface area (Å²) in [5.41, 5.74) is 1.43. The number of hydrogen-bond donors (Lipinski definition) is 1. The second-order valence-corrected chi connectivity index (χ2v) is 6.10. The minimum atomic E-state index is 0.504. The summed E-state index contributed by atoms with van der Waals surface area (Å²) in [5.74, 6) is 0.726. The number of hydrogen-bond acceptors (Lipinski definition) is 2. The van der Waals surface area contributed by atoms with E-state index in [2.05, 4.69) is 54.4 Å². The molecule has 2 rings (SSSR count). The number of nitrogens with one attached hydrogen (secondary N) is 1. The molecule has 1 aliphatic rings. The van der Waals surface area contributed by atoms with Crippen LogP contribution in [-0.4, -0.2) is 31.1 Å². The lowest BCUT2D eigenvalue weighted by atomic mass is 9.97. The minimum Gasteiger partial charge on any atom is -0.309 e. The average Bonchev–Trinajstić information content (AvgIpc) is 2.91. The molecule has 1 saturated heterocycles. The quantitative estimate of drug-likeness (QED) is 0.807. The molecule has 1 aliphatic heterocycles. The molecule has 2 nitrogen and oxygen atoms in total. The van der Waals surface area contributed by atoms with Crippen molar-refractivity contribution in [2.24, 2.45) is 5.92 Å². The highest BCUT2D eigenvalue weighted by molar-refractivity contribution is 5.18. The zero-order valence-electron chi connectivity index (χ0n) is 12.4. The van der Waals surface area contributed by atoms with Crippen molar-refractivity contribution in [2.75, 3.05) is 26.2 Å². The van der Waals surface area contributed by atoms with Crippen LogP contribution in [0.2, 0.25) is 0 Å². The highest BCUT2D eigenvalue weighted by Crippen LogP contribution is 2.20. The van der Waals surface area contributed by atoms with Gasteiger partial charge in [-0.1, -0.05) is 44.2 Å². The predicted molar refractivity (Wildman–Crippen MR) is 82.3 cm³/mol. The van der Waals surface area contributed by atoms with Gasteiger partial charge in [0.05, 0.1) is 0 Å². The van der Waals surface area contributed by atoms with E-state index in [9.17, 15) is 0 Å². The van der Waals surface area contributed by atoms with Crippen molar-refractivity contribution in [1.82, 2.24) is 10.2 Å². The summed E-state index contributed by atoms with van der Waals surface area (Å²) in [5, 5.41) is 3.75. The van der Waals surface area contributed by atoms with Crippen LogP contribution < -0.4 is 5.32 Å². The van der Waals surface area contributed by atoms with Crippen molar-refractivity contribution < 1.29 is 0 Å². The maximum Gasteiger partial charge on any atom is 0.0323 e. The third-order valence-electron chi connectivity index (χ3n) is 3.93. The van der Waals surface area contributed by atoms with Gasteiger partial charge in [0.2, 0.25) is 0 Å². The Kier molecular flexibility index (Phi) is 5.87. The highest BCUT2D eigenvalue weighted by atomic mass is 15.2. The summed E-state index contributed by atoms with van der Waals surface area (Å²) in [6.07, 6.45) is 3.98. The fourth-order valence-electron chi connectivity index (χ4n) is 2.90. The van der Waals surface area contributed by atoms with E-state index >= 15 is 0 Å². The molecular weight excluding hydrogens is 232 g/mol. The van der Waals surface area contributed by atoms with Gasteiger partial charge in [-0.3, -0.25) is 0 Å². The summed E-state index contributed by atoms with van der Waals surface area (Å²) in [4.78, 5) is 2.57. The largest absolute Gasteiger partial charge is 0.309 e. The first-order chi connectivity index (χ1) is 9.25. The molecule has 106 valence electrons. The maximum atomic E-state index is 3.75. The van der Waals surface area contributed by atoms with Crippen molar-refractivity contribution in [3.05, 3.63) is 35.9 Å². The Morgan fingerprint density at radius 1 is 1.11 bits per heavy atom. The van der Waals surface area contributed by atoms with E-state index in [4.69, 9.17) is 0 Å². The van der Waals surface area contributed by atoms with Crippen LogP contribution in [0.15, 0.2) is 30.3 Å². The van der Waals surface area contributed by atoms with Gasteiger partial charge < -0.3 is 10.2 Å². The molecule has 1 unspecified atom stereocenters. The summed E-state index contributed by atoms with van der Waals surface area (Å²) >= 11 is 0. The van der Waals surface area contributed by atoms with Gasteiger partial charge in [-0.2, -0.15) is 0 Å². The van der Waals surface area contributed by atoms with Gasteiger partial charge in [-0.15, -0.1) is 0 Å². The molecule has 1 aromatic carbocycles. The fraction of sp³-hybridized carbons (Fsp3) is 0.647. The Hall–Kier alpha value is -0.860. The van der Waals surface area contributed by atoms with Crippen LogP contribution in [0.5, 0.6) is 0 Å². The standard InChI is InChI=1S/C17H28N2/c1-15(2)14-17(16-8-4-3-5-9-16)18-10-13-19-11-6-7-12-19/h3-5,8-9,15,17-18H,6-7,10-14H2,1-2H3. The topological polar surface area (TPSA) is 15.3 Å². The summed E-state index contributed by atoms with van der Waals surface area (Å²) in [6.45, 7) is 9.49. The Morgan fingerprint density at radius 2 is 1.79 bits per heavy atom. The number of benzene rings is 1. The van der Waals surface area contributed by atoms with Gasteiger partial charge in [-0.05, 0) is 43.8 Å². The molecule has 1 aromatic rings. The zero-order valence-corrected chi connectivity index (χ0v) is 12.4. The van der Waals surface area contributed by atoms with Crippen LogP contribution in [-0.2, 0) is 0 Å². The molecule has 2 heteroatoms. The predicted octanol–water partition coefficient (Wildman–Crippen LogP) is 3.46. The number of likely N-dealkylation sites (tertiary alicyclic amines) is 1. The lowest BCUT2D eigenvalue weighted by Gasteiger charge is -2.23. The maximum absolute atomic E-state index is 3.75. The van der Waals surface area contributed by atoms with E-state index in [1.54, 1.807) is 0 Å². The Morgan fingerprint density at radius 3 is 2.42 bits per heavy atom. The molecule has 19 heavy (non-hydrogen) atoms. The van der Waals surface area contributed by atoms with Crippen molar-refractivity contribution in [2.45, 2.75) is 39.2 Å². The van der Waals surface area contributed by atoms with E-state index in [0.717, 1.165) is 12.5 Å². The van der Waals surface area contributed by atoms with Crippen molar-refractivity contribution in [3.63, 3.8) is 0 Å². The zero-order chi connectivity index (χ0) is 13.5. The van der Waals surface area contributed by atoms with E-state index in [1.165, 1.54) is 44.5 Å². The van der Waals surface area contributed by atoms with Crippen molar-refractivity contribution in [3.8, 4) is 0 Å². The van der Waals surface area contributed by atoms with Gasteiger partial charge >= 0.3 is 0 Å². The molecule has 0 aliphatic carbocycles. The van der Waals surface area contributed by atoms with Gasteiger partial charge in [-0.25, -0.2) is 0 Å². The fourth-order valence-corrected chi connectivity index (χ4v) is 2.90. The number of nitrogens with zero attached hydrogens (tertiary/aromatic N) is 1. The molecule has 0 spiro atoms. The third kappa shape index (κ3) is 4.96. The highest BCUT2D eigenvalue weighted by Gasteiger charge is 2.14. The van der Waals surface area contributed by atoms with E-state index in [1.807, 2.05) is 0 Å². The second-order valence-electron chi connectivity index (χ2n) is 6.10. The molecular formula is C17H28N2. The molecule has 0 saturated carbocycles. The van der Waals surface area contributed by atoms with E-state index < -0.39 is 0 Å². The van der Waals surface area contributed by atoms with E-state index in [0.29, 0.717) is 6.04 Å². The molecule has 1 atom stereocenters. The molecule has 1 fully saturated rings. The van der Waals surface area contributed by atoms with Crippen molar-refractivity contribution >= 4 is 0 Å². The molecule has 0 amide bonds. The third-order valence-corrected chi connectivity index (χ3v) is 3.93. The first kappa shape index (κ1) is 14.5. The Bertz CT molecular complexity index is 342. The van der Waals surface area contributed by atoms with Gasteiger partial charge in [0, 0.05) is 19.1 Å². The molecule has 0 aromatic heterocycles. The van der Waals surface area contributed by atoms with Gasteiger partial charge in [0.1, 0.15) is 0 Å². The van der Waals surface area contributed by atoms with Crippen LogP contribution in [0.4, 0.5) is 0 Å². The van der Waals surface area contributed by atoms with Crippen LogP contribution in [0.3, 0.4) is 0 Å². The Labute approximate surface area is 118 Å². The van der Waals surface area contributed by atoms with Gasteiger partial charge in [0.25, 0.3) is 0 Å². The average molecular weight is 260 g/mol. The molecule has 1 N–H and O–H groups in total. The Balaban J connectivity index is 1.83. The summed E-state index contributed by atoms with van der Waals surface area (Å²) in [6, 6.07) is 11.4. The van der Waals surface area contributed by atoms with Crippen LogP contribution >= 0.6 is 0 Å². The molecule has 0 radical (unpaired) electrons. The summed E-state index contributed by atoms with van der Waals surface area (Å²) in [7, 11) is 0. The molecule has 1 heterocycles. The lowest BCUT2D eigenvalue weighted by Crippen LogP contribution is -2.32. The minimum absolute atomic E-state index is 0.504. The monoisotopic (exact) mass is 260 g/mol. The second kappa shape index (κ2) is 7.66.